The molecule has 1 atom stereocenters. The number of furan rings is 1. The Bertz CT molecular complexity index is 1370. The van der Waals surface area contributed by atoms with E-state index in [0.717, 1.165) is 16.5 Å². The summed E-state index contributed by atoms with van der Waals surface area (Å²) in [6.07, 6.45) is 3.30. The highest BCUT2D eigenvalue weighted by Gasteiger charge is 2.47. The highest BCUT2D eigenvalue weighted by molar-refractivity contribution is 6.46. The SMILES string of the molecule is CCOc1cccc(/C(O)=C2\C(=O)C(=O)N(Cc3ccco3)C2c2c[nH]c3ccccc23)c1. The number of likely N-dealkylation sites (tertiary alicyclic amines) is 1. The number of fused-ring (bicyclic) bond motifs is 1. The number of aliphatic hydroxyl groups excluding tert-OH is 1. The molecule has 3 heterocycles. The Morgan fingerprint density at radius 3 is 2.76 bits per heavy atom. The smallest absolute Gasteiger partial charge is 0.296 e. The monoisotopic (exact) mass is 442 g/mol. The molecule has 7 nitrogen and oxygen atoms in total. The fraction of sp³-hybridized carbons (Fsp3) is 0.154. The van der Waals surface area contributed by atoms with Gasteiger partial charge in [-0.2, -0.15) is 0 Å². The number of rotatable bonds is 6. The number of amides is 1. The Morgan fingerprint density at radius 1 is 1.12 bits per heavy atom. The van der Waals surface area contributed by atoms with Crippen LogP contribution in [0.3, 0.4) is 0 Å². The van der Waals surface area contributed by atoms with Crippen LogP contribution in [0.1, 0.15) is 29.9 Å². The minimum absolute atomic E-state index is 0.0324. The fourth-order valence-corrected chi connectivity index (χ4v) is 4.31. The van der Waals surface area contributed by atoms with Crippen molar-refractivity contribution < 1.29 is 23.8 Å². The molecular formula is C26H22N2O5. The molecule has 2 aromatic carbocycles. The van der Waals surface area contributed by atoms with Crippen LogP contribution < -0.4 is 4.74 Å². The van der Waals surface area contributed by atoms with E-state index in [1.165, 1.54) is 11.2 Å². The fourth-order valence-electron chi connectivity index (χ4n) is 4.31. The second kappa shape index (κ2) is 8.35. The molecule has 1 unspecified atom stereocenters. The van der Waals surface area contributed by atoms with Crippen LogP contribution in [0.15, 0.2) is 83.1 Å². The van der Waals surface area contributed by atoms with Gasteiger partial charge in [-0.3, -0.25) is 9.59 Å². The molecule has 0 radical (unpaired) electrons. The highest BCUT2D eigenvalue weighted by Crippen LogP contribution is 2.42. The lowest BCUT2D eigenvalue weighted by Crippen LogP contribution is -2.29. The van der Waals surface area contributed by atoms with E-state index < -0.39 is 17.7 Å². The summed E-state index contributed by atoms with van der Waals surface area (Å²) in [6, 6.07) is 17.2. The predicted octanol–water partition coefficient (Wildman–Crippen LogP) is 4.78. The van der Waals surface area contributed by atoms with Crippen LogP contribution in [0.5, 0.6) is 5.75 Å². The lowest BCUT2D eigenvalue weighted by atomic mass is 9.95. The van der Waals surface area contributed by atoms with Crippen LogP contribution >= 0.6 is 0 Å². The standard InChI is InChI=1S/C26H22N2O5/c1-2-32-17-8-5-7-16(13-17)24(29)22-23(20-14-27-21-11-4-3-10-19(20)21)28(26(31)25(22)30)15-18-9-6-12-33-18/h3-14,23,27,29H,2,15H2,1H3/b24-22+. The minimum Gasteiger partial charge on any atom is -0.507 e. The number of carbonyl (C=O) groups excluding carboxylic acids is 2. The van der Waals surface area contributed by atoms with Gasteiger partial charge in [-0.25, -0.2) is 0 Å². The van der Waals surface area contributed by atoms with Gasteiger partial charge in [-0.15, -0.1) is 0 Å². The summed E-state index contributed by atoms with van der Waals surface area (Å²) in [4.78, 5) is 31.0. The summed E-state index contributed by atoms with van der Waals surface area (Å²) in [5.41, 5.74) is 2.03. The third kappa shape index (κ3) is 3.57. The quantitative estimate of drug-likeness (QED) is 0.255. The molecule has 2 aromatic heterocycles. The van der Waals surface area contributed by atoms with Crippen molar-refractivity contribution in [1.29, 1.82) is 0 Å². The molecule has 166 valence electrons. The number of benzene rings is 2. The lowest BCUT2D eigenvalue weighted by Gasteiger charge is -2.24. The Hall–Kier alpha value is -4.26. The molecule has 1 aliphatic heterocycles. The van der Waals surface area contributed by atoms with Gasteiger partial charge in [0, 0.05) is 28.2 Å². The zero-order valence-electron chi connectivity index (χ0n) is 17.9. The maximum absolute atomic E-state index is 13.2. The normalized spacial score (nSPS) is 17.7. The van der Waals surface area contributed by atoms with Gasteiger partial charge in [-0.1, -0.05) is 30.3 Å². The van der Waals surface area contributed by atoms with E-state index in [-0.39, 0.29) is 17.9 Å². The number of hydrogen-bond acceptors (Lipinski definition) is 5. The molecule has 2 N–H and O–H groups in total. The van der Waals surface area contributed by atoms with Gasteiger partial charge < -0.3 is 24.1 Å². The van der Waals surface area contributed by atoms with E-state index >= 15 is 0 Å². The Labute approximate surface area is 189 Å². The molecule has 1 saturated heterocycles. The number of aliphatic hydroxyl groups is 1. The molecule has 1 aliphatic rings. The first-order chi connectivity index (χ1) is 16.1. The minimum atomic E-state index is -0.790. The molecule has 5 rings (SSSR count). The number of carbonyl (C=O) groups is 2. The zero-order valence-corrected chi connectivity index (χ0v) is 17.9. The number of aromatic nitrogens is 1. The van der Waals surface area contributed by atoms with Gasteiger partial charge in [0.1, 0.15) is 17.3 Å². The number of aromatic amines is 1. The van der Waals surface area contributed by atoms with Gasteiger partial charge in [-0.05, 0) is 37.3 Å². The van der Waals surface area contributed by atoms with Crippen LogP contribution in [0.25, 0.3) is 16.7 Å². The van der Waals surface area contributed by atoms with Crippen molar-refractivity contribution in [3.8, 4) is 5.75 Å². The Morgan fingerprint density at radius 2 is 1.97 bits per heavy atom. The first-order valence-electron chi connectivity index (χ1n) is 10.7. The van der Waals surface area contributed by atoms with Gasteiger partial charge >= 0.3 is 0 Å². The van der Waals surface area contributed by atoms with Gasteiger partial charge in [0.15, 0.2) is 0 Å². The maximum Gasteiger partial charge on any atom is 0.296 e. The Kier molecular flexibility index (Phi) is 5.22. The van der Waals surface area contributed by atoms with E-state index in [4.69, 9.17) is 9.15 Å². The molecule has 4 aromatic rings. The van der Waals surface area contributed by atoms with E-state index in [2.05, 4.69) is 4.98 Å². The molecule has 7 heteroatoms. The van der Waals surface area contributed by atoms with E-state index in [1.54, 1.807) is 42.6 Å². The van der Waals surface area contributed by atoms with Gasteiger partial charge in [0.05, 0.1) is 31.0 Å². The maximum atomic E-state index is 13.2. The van der Waals surface area contributed by atoms with Crippen molar-refractivity contribution in [1.82, 2.24) is 9.88 Å². The van der Waals surface area contributed by atoms with E-state index in [1.807, 2.05) is 31.2 Å². The van der Waals surface area contributed by atoms with Crippen LogP contribution in [0.4, 0.5) is 0 Å². The van der Waals surface area contributed by atoms with Crippen molar-refractivity contribution >= 4 is 28.4 Å². The number of nitrogens with zero attached hydrogens (tertiary/aromatic N) is 1. The van der Waals surface area contributed by atoms with Gasteiger partial charge in [0.2, 0.25) is 0 Å². The summed E-state index contributed by atoms with van der Waals surface area (Å²) >= 11 is 0. The van der Waals surface area contributed by atoms with E-state index in [0.29, 0.717) is 23.7 Å². The van der Waals surface area contributed by atoms with Crippen molar-refractivity contribution in [2.45, 2.75) is 19.5 Å². The number of para-hydroxylation sites is 1. The number of ether oxygens (including phenoxy) is 1. The molecule has 0 bridgehead atoms. The molecule has 0 saturated carbocycles. The first kappa shape index (κ1) is 20.6. The third-order valence-corrected chi connectivity index (χ3v) is 5.78. The summed E-state index contributed by atoms with van der Waals surface area (Å²) in [6.45, 7) is 2.42. The average Bonchev–Trinajstić information content (AvgIpc) is 3.55. The molecule has 0 spiro atoms. The molecule has 0 aliphatic carbocycles. The number of Topliss-reactive ketones (excluding diaryl/α,β-unsaturated/α-hetero) is 1. The van der Waals surface area contributed by atoms with Crippen molar-refractivity contribution in [2.75, 3.05) is 6.61 Å². The zero-order chi connectivity index (χ0) is 22.9. The number of ketones is 1. The van der Waals surface area contributed by atoms with Crippen molar-refractivity contribution in [3.05, 3.63) is 95.6 Å². The van der Waals surface area contributed by atoms with Crippen molar-refractivity contribution in [2.24, 2.45) is 0 Å². The van der Waals surface area contributed by atoms with Crippen molar-refractivity contribution in [3.63, 3.8) is 0 Å². The highest BCUT2D eigenvalue weighted by atomic mass is 16.5. The molecule has 1 amide bonds. The summed E-state index contributed by atoms with van der Waals surface area (Å²) in [7, 11) is 0. The first-order valence-corrected chi connectivity index (χ1v) is 10.7. The number of hydrogen-bond donors (Lipinski definition) is 2. The lowest BCUT2D eigenvalue weighted by molar-refractivity contribution is -0.140. The van der Waals surface area contributed by atoms with Crippen LogP contribution in [-0.4, -0.2) is 33.3 Å². The van der Waals surface area contributed by atoms with Crippen LogP contribution in [-0.2, 0) is 16.1 Å². The Balaban J connectivity index is 1.69. The molecule has 33 heavy (non-hydrogen) atoms. The number of nitrogens with one attached hydrogen (secondary N) is 1. The molecular weight excluding hydrogens is 420 g/mol. The summed E-state index contributed by atoms with van der Waals surface area (Å²) in [5, 5.41) is 12.1. The van der Waals surface area contributed by atoms with Crippen LogP contribution in [0.2, 0.25) is 0 Å². The third-order valence-electron chi connectivity index (χ3n) is 5.78. The molecule has 1 fully saturated rings. The summed E-state index contributed by atoms with van der Waals surface area (Å²) in [5.74, 6) is -0.567. The second-order valence-corrected chi connectivity index (χ2v) is 7.76. The predicted molar refractivity (Wildman–Crippen MR) is 122 cm³/mol. The number of H-pyrrole nitrogens is 1. The second-order valence-electron chi connectivity index (χ2n) is 7.76. The van der Waals surface area contributed by atoms with Crippen LogP contribution in [0, 0.1) is 0 Å². The largest absolute Gasteiger partial charge is 0.507 e. The average molecular weight is 442 g/mol. The van der Waals surface area contributed by atoms with E-state index in [9.17, 15) is 14.7 Å². The van der Waals surface area contributed by atoms with Gasteiger partial charge in [0.25, 0.3) is 11.7 Å². The topological polar surface area (TPSA) is 95.8 Å². The summed E-state index contributed by atoms with van der Waals surface area (Å²) < 4.78 is 11.0.